The Hall–Kier alpha value is -1.90. The number of benzene rings is 1. The molecule has 0 saturated carbocycles. The lowest BCUT2D eigenvalue weighted by Crippen LogP contribution is -2.04. The van der Waals surface area contributed by atoms with Crippen molar-refractivity contribution in [2.45, 2.75) is 13.3 Å². The van der Waals surface area contributed by atoms with E-state index in [1.165, 1.54) is 12.7 Å². The Morgan fingerprint density at radius 3 is 2.94 bits per heavy atom. The first-order valence-electron chi connectivity index (χ1n) is 5.12. The third-order valence-corrected chi connectivity index (χ3v) is 2.60. The van der Waals surface area contributed by atoms with Crippen LogP contribution in [-0.4, -0.2) is 18.1 Å². The smallest absolute Gasteiger partial charge is 0.309 e. The Morgan fingerprint density at radius 2 is 2.19 bits per heavy atom. The van der Waals surface area contributed by atoms with Gasteiger partial charge in [0.2, 0.25) is 0 Å². The molecule has 0 N–H and O–H groups in total. The molecule has 1 heterocycles. The molecule has 0 fully saturated rings. The van der Waals surface area contributed by atoms with E-state index in [1.807, 2.05) is 31.2 Å². The molecule has 0 unspecified atom stereocenters. The van der Waals surface area contributed by atoms with Crippen LogP contribution in [0, 0.1) is 6.92 Å². The minimum Gasteiger partial charge on any atom is -0.469 e. The molecule has 0 aliphatic heterocycles. The fourth-order valence-corrected chi connectivity index (χ4v) is 1.69. The Kier molecular flexibility index (Phi) is 2.86. The monoisotopic (exact) mass is 215 g/mol. The van der Waals surface area contributed by atoms with Crippen LogP contribution < -0.4 is 0 Å². The van der Waals surface area contributed by atoms with Gasteiger partial charge in [0.1, 0.15) is 0 Å². The maximum atomic E-state index is 11.1. The first-order valence-corrected chi connectivity index (χ1v) is 5.12. The van der Waals surface area contributed by atoms with E-state index in [4.69, 9.17) is 0 Å². The average Bonchev–Trinajstić information content (AvgIpc) is 2.29. The molecule has 1 aromatic carbocycles. The van der Waals surface area contributed by atoms with Crippen molar-refractivity contribution < 1.29 is 9.53 Å². The van der Waals surface area contributed by atoms with Crippen molar-refractivity contribution in [3.05, 3.63) is 41.6 Å². The Morgan fingerprint density at radius 1 is 1.38 bits per heavy atom. The van der Waals surface area contributed by atoms with Crippen LogP contribution in [0.2, 0.25) is 0 Å². The number of fused-ring (bicyclic) bond motifs is 1. The number of ether oxygens (including phenoxy) is 1. The summed E-state index contributed by atoms with van der Waals surface area (Å²) < 4.78 is 4.63. The molecule has 0 atom stereocenters. The van der Waals surface area contributed by atoms with Crippen LogP contribution in [0.1, 0.15) is 11.1 Å². The average molecular weight is 215 g/mol. The van der Waals surface area contributed by atoms with Crippen LogP contribution in [0.5, 0.6) is 0 Å². The highest BCUT2D eigenvalue weighted by Gasteiger charge is 2.04. The number of pyridine rings is 1. The van der Waals surface area contributed by atoms with Gasteiger partial charge in [-0.25, -0.2) is 0 Å². The van der Waals surface area contributed by atoms with Gasteiger partial charge in [0.25, 0.3) is 0 Å². The summed E-state index contributed by atoms with van der Waals surface area (Å²) in [6.45, 7) is 2.05. The first kappa shape index (κ1) is 10.6. The van der Waals surface area contributed by atoms with Crippen molar-refractivity contribution in [3.63, 3.8) is 0 Å². The van der Waals surface area contributed by atoms with Gasteiger partial charge in [0, 0.05) is 11.6 Å². The lowest BCUT2D eigenvalue weighted by Gasteiger charge is -2.04. The molecule has 2 rings (SSSR count). The van der Waals surface area contributed by atoms with Crippen molar-refractivity contribution in [3.8, 4) is 0 Å². The highest BCUT2D eigenvalue weighted by molar-refractivity contribution is 5.83. The van der Waals surface area contributed by atoms with E-state index in [0.29, 0.717) is 6.42 Å². The zero-order chi connectivity index (χ0) is 11.5. The summed E-state index contributed by atoms with van der Waals surface area (Å²) >= 11 is 0. The molecule has 0 aliphatic carbocycles. The van der Waals surface area contributed by atoms with E-state index in [1.54, 1.807) is 6.20 Å². The van der Waals surface area contributed by atoms with Crippen LogP contribution in [-0.2, 0) is 16.0 Å². The quantitative estimate of drug-likeness (QED) is 0.721. The molecule has 0 spiro atoms. The fraction of sp³-hybridized carbons (Fsp3) is 0.231. The number of hydrogen-bond donors (Lipinski definition) is 0. The molecule has 2 aromatic rings. The van der Waals surface area contributed by atoms with Gasteiger partial charge in [-0.3, -0.25) is 9.78 Å². The molecular formula is C13H13NO2. The van der Waals surface area contributed by atoms with E-state index < -0.39 is 0 Å². The van der Waals surface area contributed by atoms with E-state index >= 15 is 0 Å². The van der Waals surface area contributed by atoms with Crippen molar-refractivity contribution in [2.24, 2.45) is 0 Å². The van der Waals surface area contributed by atoms with E-state index in [9.17, 15) is 4.79 Å². The summed E-state index contributed by atoms with van der Waals surface area (Å²) in [7, 11) is 1.39. The predicted octanol–water partition coefficient (Wildman–Crippen LogP) is 2.26. The zero-order valence-electron chi connectivity index (χ0n) is 9.36. The largest absolute Gasteiger partial charge is 0.469 e. The number of hydrogen-bond acceptors (Lipinski definition) is 3. The van der Waals surface area contributed by atoms with Crippen LogP contribution in [0.3, 0.4) is 0 Å². The molecule has 3 nitrogen and oxygen atoms in total. The van der Waals surface area contributed by atoms with Crippen LogP contribution in [0.15, 0.2) is 30.5 Å². The number of rotatable bonds is 2. The number of aryl methyl sites for hydroxylation is 1. The first-order chi connectivity index (χ1) is 7.70. The number of aromatic nitrogens is 1. The number of nitrogens with zero attached hydrogens (tertiary/aromatic N) is 1. The molecular weight excluding hydrogens is 202 g/mol. The summed E-state index contributed by atoms with van der Waals surface area (Å²) in [4.78, 5) is 15.4. The molecule has 1 aromatic heterocycles. The summed E-state index contributed by atoms with van der Waals surface area (Å²) in [6.07, 6.45) is 2.07. The highest BCUT2D eigenvalue weighted by Crippen LogP contribution is 2.17. The lowest BCUT2D eigenvalue weighted by molar-refractivity contribution is -0.139. The summed E-state index contributed by atoms with van der Waals surface area (Å²) in [6, 6.07) is 7.84. The molecule has 0 aliphatic rings. The van der Waals surface area contributed by atoms with E-state index in [-0.39, 0.29) is 5.97 Å². The molecule has 0 bridgehead atoms. The normalized spacial score (nSPS) is 10.4. The molecule has 0 radical (unpaired) electrons. The topological polar surface area (TPSA) is 39.2 Å². The van der Waals surface area contributed by atoms with Crippen molar-refractivity contribution in [1.29, 1.82) is 0 Å². The van der Waals surface area contributed by atoms with E-state index in [0.717, 1.165) is 16.5 Å². The van der Waals surface area contributed by atoms with Crippen LogP contribution >= 0.6 is 0 Å². The van der Waals surface area contributed by atoms with Crippen molar-refractivity contribution in [1.82, 2.24) is 4.98 Å². The summed E-state index contributed by atoms with van der Waals surface area (Å²) in [5.74, 6) is -0.230. The van der Waals surface area contributed by atoms with Crippen molar-refractivity contribution in [2.75, 3.05) is 7.11 Å². The standard InChI is InChI=1S/C13H13NO2/c1-9-5-6-14-12-7-10(3-4-11(9)12)8-13(15)16-2/h3-7H,8H2,1-2H3. The molecule has 3 heteroatoms. The van der Waals surface area contributed by atoms with Gasteiger partial charge >= 0.3 is 5.97 Å². The molecule has 16 heavy (non-hydrogen) atoms. The maximum absolute atomic E-state index is 11.1. The summed E-state index contributed by atoms with van der Waals surface area (Å²) in [5, 5.41) is 1.12. The third-order valence-electron chi connectivity index (χ3n) is 2.60. The summed E-state index contributed by atoms with van der Waals surface area (Å²) in [5.41, 5.74) is 3.04. The fourth-order valence-electron chi connectivity index (χ4n) is 1.69. The Bertz CT molecular complexity index is 534. The Labute approximate surface area is 94.1 Å². The molecule has 0 amide bonds. The number of methoxy groups -OCH3 is 1. The van der Waals surface area contributed by atoms with Crippen LogP contribution in [0.4, 0.5) is 0 Å². The van der Waals surface area contributed by atoms with Gasteiger partial charge < -0.3 is 4.74 Å². The van der Waals surface area contributed by atoms with Gasteiger partial charge in [0.05, 0.1) is 19.0 Å². The highest BCUT2D eigenvalue weighted by atomic mass is 16.5. The molecule has 82 valence electrons. The van der Waals surface area contributed by atoms with Gasteiger partial charge in [-0.2, -0.15) is 0 Å². The van der Waals surface area contributed by atoms with Gasteiger partial charge in [-0.15, -0.1) is 0 Å². The minimum absolute atomic E-state index is 0.230. The number of esters is 1. The third kappa shape index (κ3) is 2.03. The predicted molar refractivity (Wildman–Crippen MR) is 62.2 cm³/mol. The lowest BCUT2D eigenvalue weighted by atomic mass is 10.1. The Balaban J connectivity index is 2.41. The number of carbonyl (C=O) groups is 1. The zero-order valence-corrected chi connectivity index (χ0v) is 9.36. The van der Waals surface area contributed by atoms with Gasteiger partial charge in [0.15, 0.2) is 0 Å². The van der Waals surface area contributed by atoms with Crippen molar-refractivity contribution >= 4 is 16.9 Å². The maximum Gasteiger partial charge on any atom is 0.309 e. The second-order valence-corrected chi connectivity index (χ2v) is 3.73. The van der Waals surface area contributed by atoms with Gasteiger partial charge in [-0.05, 0) is 30.2 Å². The molecule has 0 saturated heterocycles. The minimum atomic E-state index is -0.230. The van der Waals surface area contributed by atoms with E-state index in [2.05, 4.69) is 9.72 Å². The van der Waals surface area contributed by atoms with Gasteiger partial charge in [-0.1, -0.05) is 12.1 Å². The SMILES string of the molecule is COC(=O)Cc1ccc2c(C)ccnc2c1. The second kappa shape index (κ2) is 4.31. The second-order valence-electron chi connectivity index (χ2n) is 3.73. The van der Waals surface area contributed by atoms with Crippen LogP contribution in [0.25, 0.3) is 10.9 Å². The number of carbonyl (C=O) groups excluding carboxylic acids is 1.